The minimum absolute atomic E-state index is 0.164. The van der Waals surface area contributed by atoms with Crippen molar-refractivity contribution in [3.05, 3.63) is 39.9 Å². The number of non-ortho nitro benzene ring substituents is 1. The molecule has 2 N–H and O–H groups in total. The molecule has 1 fully saturated rings. The lowest BCUT2D eigenvalue weighted by Gasteiger charge is -2.37. The Bertz CT molecular complexity index is 450. The highest BCUT2D eigenvalue weighted by atomic mass is 16.6. The van der Waals surface area contributed by atoms with E-state index in [1.54, 1.807) is 12.1 Å². The van der Waals surface area contributed by atoms with Gasteiger partial charge in [-0.2, -0.15) is 0 Å². The summed E-state index contributed by atoms with van der Waals surface area (Å²) in [7, 11) is 0. The largest absolute Gasteiger partial charge is 0.330 e. The molecule has 1 aliphatic heterocycles. The molecule has 5 nitrogen and oxygen atoms in total. The Kier molecular flexibility index (Phi) is 4.50. The molecule has 0 bridgehead atoms. The molecule has 104 valence electrons. The first-order valence-electron chi connectivity index (χ1n) is 6.77. The highest BCUT2D eigenvalue weighted by Gasteiger charge is 2.24. The third-order valence-corrected chi connectivity index (χ3v) is 3.95. The van der Waals surface area contributed by atoms with Crippen molar-refractivity contribution in [2.45, 2.75) is 32.4 Å². The van der Waals surface area contributed by atoms with Gasteiger partial charge in [0, 0.05) is 31.3 Å². The van der Waals surface area contributed by atoms with Gasteiger partial charge in [0.2, 0.25) is 0 Å². The number of nitrogens with zero attached hydrogens (tertiary/aromatic N) is 2. The number of nitro groups is 1. The van der Waals surface area contributed by atoms with Gasteiger partial charge < -0.3 is 5.73 Å². The zero-order valence-corrected chi connectivity index (χ0v) is 11.3. The standard InChI is InChI=1S/C14H21N3O2/c1-11-5-6-13(8-15)10-16(11)9-12-3-2-4-14(7-12)17(18)19/h2-4,7,11,13H,5-6,8-10,15H2,1H3. The molecule has 1 saturated heterocycles. The molecule has 0 aliphatic carbocycles. The van der Waals surface area contributed by atoms with E-state index < -0.39 is 0 Å². The summed E-state index contributed by atoms with van der Waals surface area (Å²) in [4.78, 5) is 12.8. The predicted molar refractivity (Wildman–Crippen MR) is 74.7 cm³/mol. The Morgan fingerprint density at radius 3 is 2.95 bits per heavy atom. The lowest BCUT2D eigenvalue weighted by molar-refractivity contribution is -0.384. The second kappa shape index (κ2) is 6.12. The highest BCUT2D eigenvalue weighted by Crippen LogP contribution is 2.24. The van der Waals surface area contributed by atoms with Crippen LogP contribution in [0.5, 0.6) is 0 Å². The predicted octanol–water partition coefficient (Wildman–Crippen LogP) is 2.15. The molecule has 2 rings (SSSR count). The molecular formula is C14H21N3O2. The number of benzene rings is 1. The maximum absolute atomic E-state index is 10.8. The van der Waals surface area contributed by atoms with E-state index in [-0.39, 0.29) is 10.6 Å². The van der Waals surface area contributed by atoms with Crippen LogP contribution in [0, 0.1) is 16.0 Å². The number of hydrogen-bond acceptors (Lipinski definition) is 4. The molecule has 1 aliphatic rings. The Hall–Kier alpha value is -1.46. The summed E-state index contributed by atoms with van der Waals surface area (Å²) in [6, 6.07) is 7.42. The number of piperidine rings is 1. The molecule has 2 atom stereocenters. The quantitative estimate of drug-likeness (QED) is 0.667. The van der Waals surface area contributed by atoms with E-state index in [0.29, 0.717) is 12.0 Å². The fourth-order valence-electron chi connectivity index (χ4n) is 2.68. The van der Waals surface area contributed by atoms with E-state index >= 15 is 0 Å². The summed E-state index contributed by atoms with van der Waals surface area (Å²) in [5, 5.41) is 10.8. The van der Waals surface area contributed by atoms with Gasteiger partial charge in [-0.3, -0.25) is 15.0 Å². The second-order valence-corrected chi connectivity index (χ2v) is 5.38. The lowest BCUT2D eigenvalue weighted by atomic mass is 9.93. The van der Waals surface area contributed by atoms with E-state index in [1.165, 1.54) is 12.5 Å². The van der Waals surface area contributed by atoms with E-state index in [0.717, 1.165) is 31.6 Å². The van der Waals surface area contributed by atoms with Crippen molar-refractivity contribution in [1.29, 1.82) is 0 Å². The summed E-state index contributed by atoms with van der Waals surface area (Å²) in [5.41, 5.74) is 6.92. The summed E-state index contributed by atoms with van der Waals surface area (Å²) in [6.45, 7) is 4.68. The third kappa shape index (κ3) is 3.52. The van der Waals surface area contributed by atoms with Crippen LogP contribution >= 0.6 is 0 Å². The zero-order chi connectivity index (χ0) is 13.8. The highest BCUT2D eigenvalue weighted by molar-refractivity contribution is 5.34. The zero-order valence-electron chi connectivity index (χ0n) is 11.3. The molecule has 1 aromatic rings. The Morgan fingerprint density at radius 1 is 1.47 bits per heavy atom. The molecule has 0 aromatic heterocycles. The first kappa shape index (κ1) is 14.0. The van der Waals surface area contributed by atoms with E-state index in [4.69, 9.17) is 5.73 Å². The average Bonchev–Trinajstić information content (AvgIpc) is 2.41. The molecular weight excluding hydrogens is 242 g/mol. The van der Waals surface area contributed by atoms with E-state index in [9.17, 15) is 10.1 Å². The smallest absolute Gasteiger partial charge is 0.269 e. The minimum Gasteiger partial charge on any atom is -0.330 e. The van der Waals surface area contributed by atoms with Crippen LogP contribution in [-0.4, -0.2) is 29.0 Å². The van der Waals surface area contributed by atoms with Crippen molar-refractivity contribution in [3.8, 4) is 0 Å². The molecule has 1 heterocycles. The fourth-order valence-corrected chi connectivity index (χ4v) is 2.68. The minimum atomic E-state index is -0.341. The van der Waals surface area contributed by atoms with Gasteiger partial charge in [0.25, 0.3) is 5.69 Å². The molecule has 0 radical (unpaired) electrons. The van der Waals surface area contributed by atoms with Gasteiger partial charge >= 0.3 is 0 Å². The summed E-state index contributed by atoms with van der Waals surface area (Å²) >= 11 is 0. The molecule has 5 heteroatoms. The number of rotatable bonds is 4. The first-order chi connectivity index (χ1) is 9.10. The Labute approximate surface area is 113 Å². The van der Waals surface area contributed by atoms with Gasteiger partial charge in [0.15, 0.2) is 0 Å². The molecule has 2 unspecified atom stereocenters. The molecule has 19 heavy (non-hydrogen) atoms. The van der Waals surface area contributed by atoms with Crippen LogP contribution in [0.3, 0.4) is 0 Å². The van der Waals surface area contributed by atoms with Crippen LogP contribution in [0.15, 0.2) is 24.3 Å². The summed E-state index contributed by atoms with van der Waals surface area (Å²) in [6.07, 6.45) is 2.33. The van der Waals surface area contributed by atoms with E-state index in [1.807, 2.05) is 6.07 Å². The topological polar surface area (TPSA) is 72.4 Å². The van der Waals surface area contributed by atoms with Crippen molar-refractivity contribution < 1.29 is 4.92 Å². The Morgan fingerprint density at radius 2 is 2.26 bits per heavy atom. The third-order valence-electron chi connectivity index (χ3n) is 3.95. The number of hydrogen-bond donors (Lipinski definition) is 1. The van der Waals surface area contributed by atoms with Crippen molar-refractivity contribution in [3.63, 3.8) is 0 Å². The summed E-state index contributed by atoms with van der Waals surface area (Å²) in [5.74, 6) is 0.551. The van der Waals surface area contributed by atoms with Crippen molar-refractivity contribution in [2.24, 2.45) is 11.7 Å². The maximum Gasteiger partial charge on any atom is 0.269 e. The summed E-state index contributed by atoms with van der Waals surface area (Å²) < 4.78 is 0. The van der Waals surface area contributed by atoms with Crippen molar-refractivity contribution in [1.82, 2.24) is 4.90 Å². The normalized spacial score (nSPS) is 24.3. The van der Waals surface area contributed by atoms with Gasteiger partial charge in [-0.25, -0.2) is 0 Å². The molecule has 1 aromatic carbocycles. The maximum atomic E-state index is 10.8. The van der Waals surface area contributed by atoms with Gasteiger partial charge in [-0.1, -0.05) is 12.1 Å². The Balaban J connectivity index is 2.06. The van der Waals surface area contributed by atoms with Crippen LogP contribution < -0.4 is 5.73 Å². The van der Waals surface area contributed by atoms with Crippen LogP contribution in [0.25, 0.3) is 0 Å². The van der Waals surface area contributed by atoms with Crippen LogP contribution in [0.4, 0.5) is 5.69 Å². The SMILES string of the molecule is CC1CCC(CN)CN1Cc1cccc([N+](=O)[O-])c1. The van der Waals surface area contributed by atoms with Crippen LogP contribution in [0.2, 0.25) is 0 Å². The van der Waals surface area contributed by atoms with Gasteiger partial charge in [0.05, 0.1) is 4.92 Å². The van der Waals surface area contributed by atoms with Crippen LogP contribution in [-0.2, 0) is 6.54 Å². The fraction of sp³-hybridized carbons (Fsp3) is 0.571. The molecule has 0 spiro atoms. The van der Waals surface area contributed by atoms with Crippen molar-refractivity contribution >= 4 is 5.69 Å². The van der Waals surface area contributed by atoms with Gasteiger partial charge in [-0.05, 0) is 37.8 Å². The number of nitro benzene ring substituents is 1. The monoisotopic (exact) mass is 263 g/mol. The second-order valence-electron chi connectivity index (χ2n) is 5.38. The molecule has 0 amide bonds. The average molecular weight is 263 g/mol. The van der Waals surface area contributed by atoms with Gasteiger partial charge in [-0.15, -0.1) is 0 Å². The van der Waals surface area contributed by atoms with Gasteiger partial charge in [0.1, 0.15) is 0 Å². The van der Waals surface area contributed by atoms with Crippen molar-refractivity contribution in [2.75, 3.05) is 13.1 Å². The number of nitrogens with two attached hydrogens (primary N) is 1. The molecule has 0 saturated carbocycles. The number of likely N-dealkylation sites (tertiary alicyclic amines) is 1. The lowest BCUT2D eigenvalue weighted by Crippen LogP contribution is -2.43. The van der Waals surface area contributed by atoms with E-state index in [2.05, 4.69) is 11.8 Å². The first-order valence-corrected chi connectivity index (χ1v) is 6.77. The van der Waals surface area contributed by atoms with Crippen LogP contribution in [0.1, 0.15) is 25.3 Å².